The van der Waals surface area contributed by atoms with Crippen LogP contribution in [0.15, 0.2) is 11.6 Å². The van der Waals surface area contributed by atoms with Crippen molar-refractivity contribution in [2.24, 2.45) is 47.3 Å². The molecule has 18 N–H and O–H groups in total. The molecule has 0 bridgehead atoms. The number of aliphatic hydroxyl groups is 2. The molecule has 1 saturated heterocycles. The number of carbonyl (C=O) groups excluding carboxylic acids is 3. The van der Waals surface area contributed by atoms with Crippen LogP contribution in [0.2, 0.25) is 0 Å². The largest absolute Gasteiger partial charge is 0.446 e. The first-order chi connectivity index (χ1) is 28.7. The summed E-state index contributed by atoms with van der Waals surface area (Å²) in [6.45, 7) is 6.58. The van der Waals surface area contributed by atoms with Gasteiger partial charge in [-0.1, -0.05) is 57.6 Å². The minimum absolute atomic E-state index is 0. The molecule has 0 aromatic carbocycles. The summed E-state index contributed by atoms with van der Waals surface area (Å²) in [6.07, 6.45) is 22.0. The van der Waals surface area contributed by atoms with Gasteiger partial charge in [0.1, 0.15) is 12.6 Å². The molecule has 3 saturated carbocycles. The number of methoxy groups -OCH3 is 2. The van der Waals surface area contributed by atoms with Gasteiger partial charge in [0.25, 0.3) is 0 Å². The molecule has 4 aliphatic carbocycles. The molecule has 0 aromatic rings. The lowest BCUT2D eigenvalue weighted by Gasteiger charge is -2.49. The Balaban J connectivity index is -0.000000632. The van der Waals surface area contributed by atoms with E-state index < -0.39 is 6.09 Å². The molecule has 19 nitrogen and oxygen atoms in total. The number of nitrogens with zero attached hydrogens (tertiary/aromatic N) is 1. The lowest BCUT2D eigenvalue weighted by Crippen LogP contribution is -2.46. The van der Waals surface area contributed by atoms with Crippen LogP contribution in [0.25, 0.3) is 0 Å². The second kappa shape index (κ2) is 38.3. The van der Waals surface area contributed by atoms with E-state index in [0.29, 0.717) is 44.9 Å². The number of amides is 3. The van der Waals surface area contributed by atoms with Gasteiger partial charge in [-0.25, -0.2) is 4.79 Å². The average molecular weight is 966 g/mol. The number of ether oxygens (including phenoxy) is 4. The third kappa shape index (κ3) is 21.4. The summed E-state index contributed by atoms with van der Waals surface area (Å²) in [7, 11) is 4.17. The molecule has 1 aliphatic heterocycles. The molecule has 0 radical (unpaired) electrons. The highest BCUT2D eigenvalue weighted by Gasteiger charge is 2.50. The fraction of sp³-hybridized carbons (Fsp3) is 0.894. The molecule has 66 heavy (non-hydrogen) atoms. The molecular weight excluding hydrogens is 863 g/mol. The van der Waals surface area contributed by atoms with E-state index in [4.69, 9.17) is 24.1 Å². The molecule has 10 unspecified atom stereocenters. The van der Waals surface area contributed by atoms with Crippen molar-refractivity contribution < 1.29 is 86.2 Å². The third-order valence-corrected chi connectivity index (χ3v) is 14.4. The number of fused-ring (bicyclic) bond motifs is 5. The summed E-state index contributed by atoms with van der Waals surface area (Å²) >= 11 is 0. The van der Waals surface area contributed by atoms with Crippen LogP contribution in [-0.4, -0.2) is 157 Å². The fourth-order valence-electron chi connectivity index (χ4n) is 11.4. The smallest absolute Gasteiger partial charge is 0.410 e. The topological polar surface area (TPSA) is 376 Å². The number of rotatable bonds is 23. The van der Waals surface area contributed by atoms with Gasteiger partial charge in [-0.3, -0.25) is 14.5 Å². The van der Waals surface area contributed by atoms with E-state index in [2.05, 4.69) is 30.6 Å². The maximum absolute atomic E-state index is 13.8. The molecule has 0 spiro atoms. The van der Waals surface area contributed by atoms with Gasteiger partial charge in [-0.2, -0.15) is 0 Å². The Kier molecular flexibility index (Phi) is 40.7. The lowest BCUT2D eigenvalue weighted by atomic mass is 9.56. The molecule has 5 rings (SSSR count). The minimum atomic E-state index is -0.474. The minimum Gasteiger partial charge on any atom is -0.446 e. The zero-order valence-electron chi connectivity index (χ0n) is 41.0. The number of carbonyl (C=O) groups is 3. The maximum Gasteiger partial charge on any atom is 0.410 e. The number of nitrogens with one attached hydrogen (secondary N) is 2. The van der Waals surface area contributed by atoms with Gasteiger partial charge in [0.15, 0.2) is 0 Å². The predicted molar refractivity (Wildman–Crippen MR) is 262 cm³/mol. The monoisotopic (exact) mass is 966 g/mol. The van der Waals surface area contributed by atoms with Crippen LogP contribution in [0, 0.1) is 47.3 Å². The normalized spacial score (nSPS) is 25.4. The molecule has 402 valence electrons. The summed E-state index contributed by atoms with van der Waals surface area (Å²) in [4.78, 5) is 41.8. The fourth-order valence-corrected chi connectivity index (χ4v) is 11.4. The van der Waals surface area contributed by atoms with Crippen LogP contribution in [0.5, 0.6) is 0 Å². The van der Waals surface area contributed by atoms with Crippen LogP contribution in [0.3, 0.4) is 0 Å². The first-order valence-electron chi connectivity index (χ1n) is 23.6. The SMILES string of the molecule is CO.COCC(CNC(=O)CN(CCCNC(=O)C(CCCCO)C1CCCCO1)C(=O)OC1CCC2C(=CCC3C2CCC2C(CCCCC(C)C)CCC23)C1)OC.O.O.O.O.O.O.O.[HH].[HH].[HH]. The molecule has 3 amide bonds. The number of hydrogen-bond acceptors (Lipinski definition) is 9. The third-order valence-electron chi connectivity index (χ3n) is 14.4. The van der Waals surface area contributed by atoms with E-state index in [1.165, 1.54) is 68.3 Å². The second-order valence-electron chi connectivity index (χ2n) is 18.6. The van der Waals surface area contributed by atoms with Crippen LogP contribution >= 0.6 is 0 Å². The van der Waals surface area contributed by atoms with Gasteiger partial charge >= 0.3 is 6.09 Å². The van der Waals surface area contributed by atoms with E-state index in [0.717, 1.165) is 87.6 Å². The number of allylic oxidation sites excluding steroid dienone is 1. The summed E-state index contributed by atoms with van der Waals surface area (Å²) in [6, 6.07) is 0. The van der Waals surface area contributed by atoms with Gasteiger partial charge in [-0.15, -0.1) is 0 Å². The number of unbranched alkanes of at least 4 members (excludes halogenated alkanes) is 2. The molecular formula is C47H103N3O16. The second-order valence-corrected chi connectivity index (χ2v) is 18.6. The predicted octanol–water partition coefficient (Wildman–Crippen LogP) is 2.01. The molecule has 4 fully saturated rings. The highest BCUT2D eigenvalue weighted by Crippen LogP contribution is 2.58. The quantitative estimate of drug-likeness (QED) is 0.0858. The van der Waals surface area contributed by atoms with Gasteiger partial charge in [0.2, 0.25) is 11.8 Å². The van der Waals surface area contributed by atoms with Gasteiger partial charge in [-0.05, 0) is 125 Å². The molecule has 10 atom stereocenters. The van der Waals surface area contributed by atoms with Crippen LogP contribution in [-0.2, 0) is 28.5 Å². The van der Waals surface area contributed by atoms with Crippen molar-refractivity contribution in [1.82, 2.24) is 15.5 Å². The Hall–Kier alpha value is -2.53. The standard InChI is InChI=1S/C46H79N3O8.CH4O.7H2O.3H2/c1-32(2)12-5-6-13-33-16-19-39-37(33)22-23-40-38-21-18-35(28-34(38)17-20-41(39)40)57-46(53)49(30-44(51)48-29-36(55-4)31-54-3)25-11-24-47-45(52)42(14-7-9-26-50)43-15-8-10-27-56-43;1-2;;;;;;;;;;/h17,32-33,35-43,50H,5-16,18-31H2,1-4H3,(H,47,52)(H,48,51);2H,1H3;7*1H2;3*1H. The Morgan fingerprint density at radius 1 is 0.818 bits per heavy atom. The summed E-state index contributed by atoms with van der Waals surface area (Å²) in [5.74, 6) is 5.16. The van der Waals surface area contributed by atoms with Crippen molar-refractivity contribution in [3.05, 3.63) is 11.6 Å². The number of aliphatic hydroxyl groups excluding tert-OH is 2. The Labute approximate surface area is 399 Å². The Bertz CT molecular complexity index is 1290. The van der Waals surface area contributed by atoms with Crippen molar-refractivity contribution in [1.29, 1.82) is 0 Å². The average Bonchev–Trinajstić information content (AvgIpc) is 3.67. The van der Waals surface area contributed by atoms with Crippen molar-refractivity contribution in [2.75, 3.05) is 67.3 Å². The first-order valence-corrected chi connectivity index (χ1v) is 23.6. The zero-order valence-corrected chi connectivity index (χ0v) is 41.0. The van der Waals surface area contributed by atoms with Gasteiger partial charge in [0, 0.05) is 64.9 Å². The van der Waals surface area contributed by atoms with Crippen LogP contribution < -0.4 is 10.6 Å². The Morgan fingerprint density at radius 3 is 2.17 bits per heavy atom. The van der Waals surface area contributed by atoms with Gasteiger partial charge < -0.3 is 78.1 Å². The summed E-state index contributed by atoms with van der Waals surface area (Å²) in [5.41, 5.74) is 1.49. The van der Waals surface area contributed by atoms with Crippen LogP contribution in [0.4, 0.5) is 4.79 Å². The van der Waals surface area contributed by atoms with Crippen molar-refractivity contribution >= 4 is 17.9 Å². The Morgan fingerprint density at radius 2 is 1.52 bits per heavy atom. The van der Waals surface area contributed by atoms with E-state index in [1.54, 1.807) is 14.2 Å². The maximum atomic E-state index is 13.8. The highest BCUT2D eigenvalue weighted by molar-refractivity contribution is 5.82. The van der Waals surface area contributed by atoms with Crippen LogP contribution in [0.1, 0.15) is 140 Å². The lowest BCUT2D eigenvalue weighted by molar-refractivity contribution is -0.132. The van der Waals surface area contributed by atoms with Gasteiger partial charge in [0.05, 0.1) is 24.7 Å². The zero-order chi connectivity index (χ0) is 42.6. The molecule has 1 heterocycles. The first kappa shape index (κ1) is 70.0. The van der Waals surface area contributed by atoms with E-state index in [9.17, 15) is 19.5 Å². The molecule has 0 aromatic heterocycles. The van der Waals surface area contributed by atoms with Crippen molar-refractivity contribution in [3.63, 3.8) is 0 Å². The number of hydrogen-bond donors (Lipinski definition) is 4. The van der Waals surface area contributed by atoms with Crippen molar-refractivity contribution in [2.45, 2.75) is 154 Å². The van der Waals surface area contributed by atoms with E-state index in [-0.39, 0.29) is 105 Å². The van der Waals surface area contributed by atoms with Crippen molar-refractivity contribution in [3.8, 4) is 0 Å². The summed E-state index contributed by atoms with van der Waals surface area (Å²) < 4.78 is 22.8. The van der Waals surface area contributed by atoms with E-state index >= 15 is 0 Å². The molecule has 5 aliphatic rings. The summed E-state index contributed by atoms with van der Waals surface area (Å²) in [5, 5.41) is 22.3. The highest BCUT2D eigenvalue weighted by atomic mass is 16.6. The van der Waals surface area contributed by atoms with E-state index in [1.807, 2.05) is 0 Å². The molecule has 19 heteroatoms.